The van der Waals surface area contributed by atoms with Crippen molar-refractivity contribution in [3.05, 3.63) is 29.8 Å². The molecule has 0 bridgehead atoms. The minimum Gasteiger partial charge on any atom is -0.508 e. The zero-order valence-corrected chi connectivity index (χ0v) is 12.5. The highest BCUT2D eigenvalue weighted by Crippen LogP contribution is 2.21. The molecule has 1 saturated heterocycles. The molecule has 4 heteroatoms. The quantitative estimate of drug-likeness (QED) is 0.860. The molecule has 1 aliphatic heterocycles. The number of nitrogens with zero attached hydrogens (tertiary/aromatic N) is 2. The number of phenols is 1. The minimum atomic E-state index is 0.234. The molecule has 0 aliphatic carbocycles. The van der Waals surface area contributed by atoms with Crippen molar-refractivity contribution in [1.29, 1.82) is 0 Å². The average Bonchev–Trinajstić information content (AvgIpc) is 2.42. The van der Waals surface area contributed by atoms with Crippen LogP contribution in [0.1, 0.15) is 25.8 Å². The molecule has 1 aromatic rings. The van der Waals surface area contributed by atoms with E-state index in [0.717, 1.165) is 38.2 Å². The summed E-state index contributed by atoms with van der Waals surface area (Å²) in [5.41, 5.74) is 0.980. The second kappa shape index (κ2) is 7.07. The van der Waals surface area contributed by atoms with Crippen LogP contribution in [0.25, 0.3) is 0 Å². The molecule has 0 saturated carbocycles. The maximum atomic E-state index is 9.87. The highest BCUT2D eigenvalue weighted by molar-refractivity contribution is 5.31. The van der Waals surface area contributed by atoms with E-state index in [1.807, 2.05) is 18.2 Å². The van der Waals surface area contributed by atoms with E-state index in [4.69, 9.17) is 0 Å². The molecule has 1 fully saturated rings. The number of aliphatic hydroxyl groups is 1. The first-order chi connectivity index (χ1) is 9.61. The molecule has 4 nitrogen and oxygen atoms in total. The molecule has 20 heavy (non-hydrogen) atoms. The first-order valence-electron chi connectivity index (χ1n) is 7.47. The maximum absolute atomic E-state index is 9.87. The predicted octanol–water partition coefficient (Wildman–Crippen LogP) is 1.67. The van der Waals surface area contributed by atoms with Gasteiger partial charge in [-0.15, -0.1) is 0 Å². The molecule has 1 aromatic carbocycles. The van der Waals surface area contributed by atoms with Gasteiger partial charge in [0.25, 0.3) is 0 Å². The van der Waals surface area contributed by atoms with Gasteiger partial charge >= 0.3 is 0 Å². The normalized spacial score (nSPS) is 21.5. The zero-order chi connectivity index (χ0) is 14.5. The van der Waals surface area contributed by atoms with Crippen molar-refractivity contribution in [2.45, 2.75) is 38.9 Å². The summed E-state index contributed by atoms with van der Waals surface area (Å²) in [7, 11) is 0. The average molecular weight is 278 g/mol. The van der Waals surface area contributed by atoms with E-state index in [9.17, 15) is 10.2 Å². The van der Waals surface area contributed by atoms with Crippen LogP contribution in [0, 0.1) is 0 Å². The van der Waals surface area contributed by atoms with Crippen LogP contribution in [-0.2, 0) is 6.54 Å². The van der Waals surface area contributed by atoms with E-state index in [-0.39, 0.29) is 6.61 Å². The largest absolute Gasteiger partial charge is 0.508 e. The molecule has 112 valence electrons. The van der Waals surface area contributed by atoms with Gasteiger partial charge < -0.3 is 10.2 Å². The smallest absolute Gasteiger partial charge is 0.120 e. The lowest BCUT2D eigenvalue weighted by Crippen LogP contribution is -2.55. The van der Waals surface area contributed by atoms with Gasteiger partial charge in [0.1, 0.15) is 5.75 Å². The second-order valence-electron chi connectivity index (χ2n) is 5.86. The maximum Gasteiger partial charge on any atom is 0.120 e. The van der Waals surface area contributed by atoms with Crippen LogP contribution in [0.2, 0.25) is 0 Å². The van der Waals surface area contributed by atoms with E-state index in [2.05, 4.69) is 23.6 Å². The summed E-state index contributed by atoms with van der Waals surface area (Å²) in [6, 6.07) is 8.45. The predicted molar refractivity (Wildman–Crippen MR) is 80.7 cm³/mol. The van der Waals surface area contributed by atoms with Crippen molar-refractivity contribution in [3.8, 4) is 5.75 Å². The molecule has 0 spiro atoms. The summed E-state index contributed by atoms with van der Waals surface area (Å²) < 4.78 is 0. The number of hydrogen-bond donors (Lipinski definition) is 2. The lowest BCUT2D eigenvalue weighted by atomic mass is 10.1. The number of phenolic OH excluding ortho intramolecular Hbond substituents is 1. The van der Waals surface area contributed by atoms with Gasteiger partial charge in [0, 0.05) is 50.4 Å². The third-order valence-corrected chi connectivity index (χ3v) is 4.12. The highest BCUT2D eigenvalue weighted by atomic mass is 16.3. The van der Waals surface area contributed by atoms with E-state index in [0.29, 0.717) is 17.8 Å². The van der Waals surface area contributed by atoms with Crippen LogP contribution in [0.4, 0.5) is 0 Å². The van der Waals surface area contributed by atoms with Crippen LogP contribution in [-0.4, -0.2) is 58.3 Å². The molecule has 2 N–H and O–H groups in total. The third kappa shape index (κ3) is 3.72. The highest BCUT2D eigenvalue weighted by Gasteiger charge is 2.28. The minimum absolute atomic E-state index is 0.234. The van der Waals surface area contributed by atoms with E-state index in [1.165, 1.54) is 0 Å². The lowest BCUT2D eigenvalue weighted by Gasteiger charge is -2.43. The Kier molecular flexibility index (Phi) is 5.40. The summed E-state index contributed by atoms with van der Waals surface area (Å²) in [5, 5.41) is 19.1. The lowest BCUT2D eigenvalue weighted by molar-refractivity contribution is 0.0346. The Hall–Kier alpha value is -1.10. The SMILES string of the molecule is CC(C)N1CCN(Cc2ccccc2O)C[C@@H]1CCO. The van der Waals surface area contributed by atoms with Crippen LogP contribution in [0.3, 0.4) is 0 Å². The number of aromatic hydroxyl groups is 1. The van der Waals surface area contributed by atoms with E-state index < -0.39 is 0 Å². The van der Waals surface area contributed by atoms with Gasteiger partial charge in [-0.2, -0.15) is 0 Å². The van der Waals surface area contributed by atoms with Crippen molar-refractivity contribution in [1.82, 2.24) is 9.80 Å². The van der Waals surface area contributed by atoms with E-state index >= 15 is 0 Å². The number of para-hydroxylation sites is 1. The molecule has 1 aliphatic rings. The Labute approximate surface area is 121 Å². The number of rotatable bonds is 5. The van der Waals surface area contributed by atoms with Gasteiger partial charge in [0.15, 0.2) is 0 Å². The number of piperazine rings is 1. The van der Waals surface area contributed by atoms with Gasteiger partial charge in [0.05, 0.1) is 0 Å². The van der Waals surface area contributed by atoms with Gasteiger partial charge in [-0.3, -0.25) is 9.80 Å². The van der Waals surface area contributed by atoms with Crippen LogP contribution in [0.15, 0.2) is 24.3 Å². The summed E-state index contributed by atoms with van der Waals surface area (Å²) in [4.78, 5) is 4.84. The van der Waals surface area contributed by atoms with Crippen LogP contribution >= 0.6 is 0 Å². The van der Waals surface area contributed by atoms with Crippen molar-refractivity contribution in [2.75, 3.05) is 26.2 Å². The fourth-order valence-electron chi connectivity index (χ4n) is 3.05. The Morgan fingerprint density at radius 3 is 2.65 bits per heavy atom. The topological polar surface area (TPSA) is 46.9 Å². The van der Waals surface area contributed by atoms with Crippen LogP contribution < -0.4 is 0 Å². The van der Waals surface area contributed by atoms with Gasteiger partial charge in [-0.05, 0) is 26.3 Å². The molecule has 0 unspecified atom stereocenters. The Balaban J connectivity index is 1.99. The Morgan fingerprint density at radius 2 is 2.00 bits per heavy atom. The van der Waals surface area contributed by atoms with Crippen LogP contribution in [0.5, 0.6) is 5.75 Å². The standard InChI is InChI=1S/C16H26N2O2/c1-13(2)18-9-8-17(12-15(18)7-10-19)11-14-5-3-4-6-16(14)20/h3-6,13,15,19-20H,7-12H2,1-2H3/t15-/m0/s1. The summed E-state index contributed by atoms with van der Waals surface area (Å²) >= 11 is 0. The Bertz CT molecular complexity index is 423. The molecule has 1 atom stereocenters. The zero-order valence-electron chi connectivity index (χ0n) is 12.5. The summed E-state index contributed by atoms with van der Waals surface area (Å²) in [5.74, 6) is 0.373. The van der Waals surface area contributed by atoms with Crippen molar-refractivity contribution in [3.63, 3.8) is 0 Å². The second-order valence-corrected chi connectivity index (χ2v) is 5.86. The molecular weight excluding hydrogens is 252 g/mol. The van der Waals surface area contributed by atoms with Crippen molar-refractivity contribution >= 4 is 0 Å². The third-order valence-electron chi connectivity index (χ3n) is 4.12. The number of aliphatic hydroxyl groups excluding tert-OH is 1. The Morgan fingerprint density at radius 1 is 1.25 bits per heavy atom. The fraction of sp³-hybridized carbons (Fsp3) is 0.625. The van der Waals surface area contributed by atoms with E-state index in [1.54, 1.807) is 6.07 Å². The summed E-state index contributed by atoms with van der Waals surface area (Å²) in [6.07, 6.45) is 0.815. The van der Waals surface area contributed by atoms with Crippen molar-refractivity contribution < 1.29 is 10.2 Å². The molecule has 2 rings (SSSR count). The molecule has 1 heterocycles. The first-order valence-corrected chi connectivity index (χ1v) is 7.47. The van der Waals surface area contributed by atoms with Gasteiger partial charge in [-0.1, -0.05) is 18.2 Å². The van der Waals surface area contributed by atoms with Gasteiger partial charge in [-0.25, -0.2) is 0 Å². The molecule has 0 aromatic heterocycles. The fourth-order valence-corrected chi connectivity index (χ4v) is 3.05. The molecule has 0 amide bonds. The first kappa shape index (κ1) is 15.3. The number of benzene rings is 1. The number of hydrogen-bond acceptors (Lipinski definition) is 4. The van der Waals surface area contributed by atoms with Crippen molar-refractivity contribution in [2.24, 2.45) is 0 Å². The summed E-state index contributed by atoms with van der Waals surface area (Å²) in [6.45, 7) is 8.42. The monoisotopic (exact) mass is 278 g/mol. The molecule has 0 radical (unpaired) electrons. The molecular formula is C16H26N2O2. The van der Waals surface area contributed by atoms with Gasteiger partial charge in [0.2, 0.25) is 0 Å².